The molecule has 3 aromatic heterocycles. The van der Waals surface area contributed by atoms with Gasteiger partial charge in [0.25, 0.3) is 0 Å². The number of aromatic amines is 1. The lowest BCUT2D eigenvalue weighted by molar-refractivity contribution is -0.130. The summed E-state index contributed by atoms with van der Waals surface area (Å²) in [5.41, 5.74) is 2.48. The molecule has 0 aliphatic rings. The summed E-state index contributed by atoms with van der Waals surface area (Å²) in [5, 5.41) is 15.8. The third-order valence-electron chi connectivity index (χ3n) is 4.29. The summed E-state index contributed by atoms with van der Waals surface area (Å²) in [6, 6.07) is 10.6. The Hall–Kier alpha value is -3.78. The summed E-state index contributed by atoms with van der Waals surface area (Å²) in [7, 11) is 0. The highest BCUT2D eigenvalue weighted by molar-refractivity contribution is 7.09. The highest BCUT2D eigenvalue weighted by atomic mass is 32.1. The van der Waals surface area contributed by atoms with Gasteiger partial charge in [-0.05, 0) is 17.7 Å². The number of anilines is 1. The van der Waals surface area contributed by atoms with Crippen LogP contribution in [0.3, 0.4) is 0 Å². The van der Waals surface area contributed by atoms with E-state index in [1.807, 2.05) is 11.4 Å². The highest BCUT2D eigenvalue weighted by Crippen LogP contribution is 2.29. The first-order valence-corrected chi connectivity index (χ1v) is 9.64. The summed E-state index contributed by atoms with van der Waals surface area (Å²) in [6.07, 6.45) is 6.67. The van der Waals surface area contributed by atoms with Crippen LogP contribution in [0, 0.1) is 0 Å². The Bertz CT molecular complexity index is 1200. The fraction of sp³-hybridized carbons (Fsp3) is 0.0476. The standard InChI is InChI=1S/C21H16N4O3S/c26-17(11-18-22-8-9-29-18)25-16-6-7-23-20-19(16)14(12-24-20)10-15(21(27)28)13-4-2-1-3-5-13/h1-10,12H,11H2,(H,27,28)(H2,23,24,25,26). The number of aliphatic carboxylic acids is 1. The van der Waals surface area contributed by atoms with Crippen LogP contribution >= 0.6 is 11.3 Å². The topological polar surface area (TPSA) is 108 Å². The van der Waals surface area contributed by atoms with Crippen molar-refractivity contribution in [1.29, 1.82) is 0 Å². The summed E-state index contributed by atoms with van der Waals surface area (Å²) >= 11 is 1.41. The Morgan fingerprint density at radius 1 is 1.14 bits per heavy atom. The molecule has 4 aromatic rings. The minimum atomic E-state index is -1.04. The molecule has 29 heavy (non-hydrogen) atoms. The molecular weight excluding hydrogens is 388 g/mol. The van der Waals surface area contributed by atoms with Crippen LogP contribution in [0.4, 0.5) is 5.69 Å². The van der Waals surface area contributed by atoms with Gasteiger partial charge < -0.3 is 15.4 Å². The Morgan fingerprint density at radius 3 is 2.69 bits per heavy atom. The minimum absolute atomic E-state index is 0.149. The van der Waals surface area contributed by atoms with E-state index in [4.69, 9.17) is 0 Å². The molecule has 4 rings (SSSR count). The lowest BCUT2D eigenvalue weighted by Crippen LogP contribution is -2.14. The molecule has 0 atom stereocenters. The number of rotatable bonds is 6. The maximum absolute atomic E-state index is 12.4. The van der Waals surface area contributed by atoms with Gasteiger partial charge in [0, 0.05) is 34.9 Å². The predicted octanol–water partition coefficient (Wildman–Crippen LogP) is 3.83. The highest BCUT2D eigenvalue weighted by Gasteiger charge is 2.15. The summed E-state index contributed by atoms with van der Waals surface area (Å²) in [5.74, 6) is -1.24. The Morgan fingerprint density at radius 2 is 1.97 bits per heavy atom. The monoisotopic (exact) mass is 404 g/mol. The number of carboxylic acid groups (broad SMARTS) is 1. The third-order valence-corrected chi connectivity index (χ3v) is 5.07. The number of thiazole rings is 1. The van der Waals surface area contributed by atoms with Gasteiger partial charge >= 0.3 is 5.97 Å². The quantitative estimate of drug-likeness (QED) is 0.423. The maximum atomic E-state index is 12.4. The van der Waals surface area contributed by atoms with Crippen LogP contribution in [-0.2, 0) is 16.0 Å². The van der Waals surface area contributed by atoms with Crippen molar-refractivity contribution in [3.8, 4) is 0 Å². The lowest BCUT2D eigenvalue weighted by atomic mass is 10.0. The number of carbonyl (C=O) groups is 2. The van der Waals surface area contributed by atoms with Crippen LogP contribution in [0.1, 0.15) is 16.1 Å². The Balaban J connectivity index is 1.72. The number of aromatic nitrogens is 3. The molecule has 0 saturated carbocycles. The van der Waals surface area contributed by atoms with Gasteiger partial charge in [0.15, 0.2) is 0 Å². The lowest BCUT2D eigenvalue weighted by Gasteiger charge is -2.07. The van der Waals surface area contributed by atoms with Crippen molar-refractivity contribution in [1.82, 2.24) is 15.0 Å². The van der Waals surface area contributed by atoms with E-state index in [0.717, 1.165) is 5.01 Å². The van der Waals surface area contributed by atoms with Gasteiger partial charge in [0.05, 0.1) is 17.7 Å². The second kappa shape index (κ2) is 8.07. The van der Waals surface area contributed by atoms with E-state index in [0.29, 0.717) is 27.8 Å². The molecule has 0 unspecified atom stereocenters. The molecule has 3 heterocycles. The maximum Gasteiger partial charge on any atom is 0.336 e. The zero-order valence-corrected chi connectivity index (χ0v) is 15.9. The van der Waals surface area contributed by atoms with Crippen molar-refractivity contribution in [3.63, 3.8) is 0 Å². The van der Waals surface area contributed by atoms with E-state index in [-0.39, 0.29) is 17.9 Å². The molecule has 3 N–H and O–H groups in total. The van der Waals surface area contributed by atoms with Crippen molar-refractivity contribution in [2.75, 3.05) is 5.32 Å². The fourth-order valence-corrected chi connectivity index (χ4v) is 3.63. The van der Waals surface area contributed by atoms with Crippen LogP contribution in [0.5, 0.6) is 0 Å². The number of H-pyrrole nitrogens is 1. The summed E-state index contributed by atoms with van der Waals surface area (Å²) < 4.78 is 0. The Kier molecular flexibility index (Phi) is 5.17. The summed E-state index contributed by atoms with van der Waals surface area (Å²) in [4.78, 5) is 35.7. The van der Waals surface area contributed by atoms with E-state index in [2.05, 4.69) is 20.3 Å². The molecule has 8 heteroatoms. The first-order valence-electron chi connectivity index (χ1n) is 8.76. The van der Waals surface area contributed by atoms with E-state index >= 15 is 0 Å². The minimum Gasteiger partial charge on any atom is -0.478 e. The van der Waals surface area contributed by atoms with Crippen LogP contribution in [0.15, 0.2) is 60.4 Å². The van der Waals surface area contributed by atoms with Gasteiger partial charge in [0.2, 0.25) is 5.91 Å². The molecule has 7 nitrogen and oxygen atoms in total. The molecule has 0 fully saturated rings. The van der Waals surface area contributed by atoms with E-state index < -0.39 is 5.97 Å². The van der Waals surface area contributed by atoms with E-state index in [9.17, 15) is 14.7 Å². The molecule has 0 aliphatic carbocycles. The number of fused-ring (bicyclic) bond motifs is 1. The number of hydrogen-bond acceptors (Lipinski definition) is 5. The zero-order valence-electron chi connectivity index (χ0n) is 15.1. The van der Waals surface area contributed by atoms with Gasteiger partial charge in [-0.25, -0.2) is 14.8 Å². The molecule has 1 aromatic carbocycles. The molecule has 1 amide bonds. The molecule has 0 radical (unpaired) electrons. The fourth-order valence-electron chi connectivity index (χ4n) is 3.01. The molecule has 0 spiro atoms. The number of amides is 1. The number of nitrogens with one attached hydrogen (secondary N) is 2. The van der Waals surface area contributed by atoms with Gasteiger partial charge in [0.1, 0.15) is 10.7 Å². The molecule has 144 valence electrons. The molecule has 0 saturated heterocycles. The average Bonchev–Trinajstić information content (AvgIpc) is 3.37. The SMILES string of the molecule is O=C(Cc1nccs1)Nc1ccnc2[nH]cc(C=C(C(=O)O)c3ccccc3)c12. The second-order valence-corrected chi connectivity index (χ2v) is 7.19. The van der Waals surface area contributed by atoms with Crippen molar-refractivity contribution >= 4 is 51.6 Å². The molecule has 0 bridgehead atoms. The van der Waals surface area contributed by atoms with Crippen molar-refractivity contribution in [2.24, 2.45) is 0 Å². The first-order chi connectivity index (χ1) is 14.1. The van der Waals surface area contributed by atoms with E-state index in [1.54, 1.807) is 55.0 Å². The number of hydrogen-bond donors (Lipinski definition) is 3. The smallest absolute Gasteiger partial charge is 0.336 e. The summed E-state index contributed by atoms with van der Waals surface area (Å²) in [6.45, 7) is 0. The number of benzene rings is 1. The normalized spacial score (nSPS) is 11.5. The number of nitrogens with zero attached hydrogens (tertiary/aromatic N) is 2. The molecular formula is C21H16N4O3S. The predicted molar refractivity (Wildman–Crippen MR) is 112 cm³/mol. The largest absolute Gasteiger partial charge is 0.478 e. The van der Waals surface area contributed by atoms with Crippen LogP contribution < -0.4 is 5.32 Å². The third kappa shape index (κ3) is 4.07. The van der Waals surface area contributed by atoms with E-state index in [1.165, 1.54) is 11.3 Å². The number of carboxylic acids is 1. The first kappa shape index (κ1) is 18.6. The average molecular weight is 404 g/mol. The molecule has 0 aliphatic heterocycles. The van der Waals surface area contributed by atoms with Crippen molar-refractivity contribution in [3.05, 3.63) is 76.5 Å². The van der Waals surface area contributed by atoms with Crippen LogP contribution in [-0.4, -0.2) is 31.9 Å². The van der Waals surface area contributed by atoms with Gasteiger partial charge in [-0.15, -0.1) is 11.3 Å². The van der Waals surface area contributed by atoms with Gasteiger partial charge in [-0.3, -0.25) is 4.79 Å². The van der Waals surface area contributed by atoms with Crippen LogP contribution in [0.25, 0.3) is 22.7 Å². The van der Waals surface area contributed by atoms with Crippen molar-refractivity contribution < 1.29 is 14.7 Å². The zero-order chi connectivity index (χ0) is 20.2. The van der Waals surface area contributed by atoms with Crippen LogP contribution in [0.2, 0.25) is 0 Å². The van der Waals surface area contributed by atoms with Gasteiger partial charge in [-0.2, -0.15) is 0 Å². The number of carbonyl (C=O) groups excluding carboxylic acids is 1. The van der Waals surface area contributed by atoms with Gasteiger partial charge in [-0.1, -0.05) is 30.3 Å². The van der Waals surface area contributed by atoms with Crippen molar-refractivity contribution in [2.45, 2.75) is 6.42 Å². The Labute approximate surface area is 169 Å². The second-order valence-electron chi connectivity index (χ2n) is 6.21. The number of pyridine rings is 1.